The smallest absolute Gasteiger partial charge is 0.303 e. The van der Waals surface area contributed by atoms with E-state index in [1.165, 1.54) is 12.1 Å². The highest BCUT2D eigenvalue weighted by molar-refractivity contribution is 8.15. The van der Waals surface area contributed by atoms with Crippen molar-refractivity contribution >= 4 is 38.9 Å². The molecule has 0 bridgehead atoms. The Morgan fingerprint density at radius 2 is 2.05 bits per heavy atom. The fourth-order valence-electron chi connectivity index (χ4n) is 1.42. The van der Waals surface area contributed by atoms with E-state index in [9.17, 15) is 26.4 Å². The number of carbonyl (C=O) groups is 1. The van der Waals surface area contributed by atoms with Crippen molar-refractivity contribution in [1.29, 1.82) is 0 Å². The summed E-state index contributed by atoms with van der Waals surface area (Å²) < 4.78 is 59.9. The number of sulfone groups is 1. The van der Waals surface area contributed by atoms with Gasteiger partial charge >= 0.3 is 5.51 Å². The van der Waals surface area contributed by atoms with E-state index < -0.39 is 20.2 Å². The number of hydrogen-bond donors (Lipinski definition) is 1. The van der Waals surface area contributed by atoms with Gasteiger partial charge in [0.25, 0.3) is 9.84 Å². The molecule has 6 nitrogen and oxygen atoms in total. The molecular formula is C11H8F3N3O3S2. The second kappa shape index (κ2) is 6.08. The van der Waals surface area contributed by atoms with Gasteiger partial charge in [0.05, 0.1) is 16.9 Å². The summed E-state index contributed by atoms with van der Waals surface area (Å²) in [6.07, 6.45) is 1.09. The number of benzene rings is 1. The van der Waals surface area contributed by atoms with E-state index in [4.69, 9.17) is 0 Å². The van der Waals surface area contributed by atoms with Gasteiger partial charge in [-0.1, -0.05) is 23.9 Å². The van der Waals surface area contributed by atoms with E-state index in [0.717, 1.165) is 30.1 Å². The first-order valence-electron chi connectivity index (χ1n) is 5.65. The lowest BCUT2D eigenvalue weighted by Gasteiger charge is -2.08. The molecule has 0 unspecified atom stereocenters. The number of halogens is 3. The summed E-state index contributed by atoms with van der Waals surface area (Å²) in [7, 11) is -5.41. The van der Waals surface area contributed by atoms with Gasteiger partial charge in [0.15, 0.2) is 5.17 Å². The van der Waals surface area contributed by atoms with Crippen molar-refractivity contribution in [3.05, 3.63) is 29.8 Å². The van der Waals surface area contributed by atoms with Gasteiger partial charge in [-0.2, -0.15) is 18.3 Å². The molecule has 0 atom stereocenters. The van der Waals surface area contributed by atoms with Crippen LogP contribution in [0.4, 0.5) is 13.2 Å². The van der Waals surface area contributed by atoms with Crippen LogP contribution in [-0.4, -0.2) is 37.0 Å². The molecule has 0 aromatic heterocycles. The van der Waals surface area contributed by atoms with Crippen molar-refractivity contribution in [2.75, 3.05) is 5.75 Å². The summed E-state index contributed by atoms with van der Waals surface area (Å²) in [5.41, 5.74) is -5.24. The van der Waals surface area contributed by atoms with Crippen LogP contribution >= 0.6 is 11.8 Å². The molecule has 0 spiro atoms. The van der Waals surface area contributed by atoms with Crippen LogP contribution in [0.5, 0.6) is 0 Å². The lowest BCUT2D eigenvalue weighted by atomic mass is 10.2. The highest BCUT2D eigenvalue weighted by atomic mass is 32.2. The predicted octanol–water partition coefficient (Wildman–Crippen LogP) is 1.53. The fraction of sp³-hybridized carbons (Fsp3) is 0.182. The van der Waals surface area contributed by atoms with Gasteiger partial charge in [-0.3, -0.25) is 4.79 Å². The zero-order chi connectivity index (χ0) is 16.4. The number of hydrogen-bond acceptors (Lipinski definition) is 6. The largest absolute Gasteiger partial charge is 0.501 e. The molecular weight excluding hydrogens is 343 g/mol. The predicted molar refractivity (Wildman–Crippen MR) is 75.3 cm³/mol. The van der Waals surface area contributed by atoms with Gasteiger partial charge in [-0.25, -0.2) is 8.42 Å². The molecule has 0 saturated carbocycles. The molecule has 1 saturated heterocycles. The standard InChI is InChI=1S/C11H8F3N3O3S2/c12-11(13,14)22(19,20)8-3-1-2-7(4-8)5-15-17-10-16-9(18)6-21-10/h1-5H,6H2,(H,16,17,18). The lowest BCUT2D eigenvalue weighted by molar-refractivity contribution is -0.116. The molecule has 0 radical (unpaired) electrons. The Bertz CT molecular complexity index is 757. The van der Waals surface area contributed by atoms with Crippen LogP contribution in [0.25, 0.3) is 0 Å². The zero-order valence-corrected chi connectivity index (χ0v) is 12.3. The van der Waals surface area contributed by atoms with Crippen LogP contribution in [0.15, 0.2) is 39.4 Å². The van der Waals surface area contributed by atoms with Crippen LogP contribution in [0.3, 0.4) is 0 Å². The van der Waals surface area contributed by atoms with Gasteiger partial charge < -0.3 is 5.32 Å². The van der Waals surface area contributed by atoms with Crippen molar-refractivity contribution in [2.24, 2.45) is 10.2 Å². The Morgan fingerprint density at radius 3 is 2.64 bits per heavy atom. The number of nitrogens with one attached hydrogen (secondary N) is 1. The first-order valence-corrected chi connectivity index (χ1v) is 8.12. The molecule has 118 valence electrons. The van der Waals surface area contributed by atoms with Crippen molar-refractivity contribution in [2.45, 2.75) is 10.4 Å². The van der Waals surface area contributed by atoms with Crippen LogP contribution in [-0.2, 0) is 14.6 Å². The second-order valence-corrected chi connectivity index (χ2v) is 6.91. The molecule has 2 rings (SSSR count). The number of alkyl halides is 3. The van der Waals surface area contributed by atoms with E-state index >= 15 is 0 Å². The lowest BCUT2D eigenvalue weighted by Crippen LogP contribution is -2.23. The van der Waals surface area contributed by atoms with Crippen LogP contribution in [0, 0.1) is 0 Å². The summed E-state index contributed by atoms with van der Waals surface area (Å²) in [5.74, 6) is -0.00886. The molecule has 1 aliphatic heterocycles. The summed E-state index contributed by atoms with van der Waals surface area (Å²) in [5, 5.41) is 9.93. The summed E-state index contributed by atoms with van der Waals surface area (Å²) >= 11 is 1.13. The highest BCUT2D eigenvalue weighted by Gasteiger charge is 2.46. The Kier molecular flexibility index (Phi) is 4.56. The third-order valence-electron chi connectivity index (χ3n) is 2.41. The maximum atomic E-state index is 12.5. The van der Waals surface area contributed by atoms with Gasteiger partial charge in [-0.05, 0) is 17.7 Å². The highest BCUT2D eigenvalue weighted by Crippen LogP contribution is 2.30. The average molecular weight is 351 g/mol. The number of amides is 1. The summed E-state index contributed by atoms with van der Waals surface area (Å²) in [6.45, 7) is 0. The van der Waals surface area contributed by atoms with Crippen molar-refractivity contribution < 1.29 is 26.4 Å². The zero-order valence-electron chi connectivity index (χ0n) is 10.7. The van der Waals surface area contributed by atoms with Crippen LogP contribution < -0.4 is 5.32 Å². The van der Waals surface area contributed by atoms with Crippen molar-refractivity contribution in [3.63, 3.8) is 0 Å². The third-order valence-corrected chi connectivity index (χ3v) is 4.76. The van der Waals surface area contributed by atoms with E-state index in [2.05, 4.69) is 15.5 Å². The normalized spacial score (nSPS) is 18.1. The Balaban J connectivity index is 2.21. The van der Waals surface area contributed by atoms with Gasteiger partial charge in [0, 0.05) is 0 Å². The van der Waals surface area contributed by atoms with Crippen LogP contribution in [0.2, 0.25) is 0 Å². The maximum absolute atomic E-state index is 12.5. The Labute approximate surface area is 127 Å². The monoisotopic (exact) mass is 351 g/mol. The topological polar surface area (TPSA) is 88.0 Å². The van der Waals surface area contributed by atoms with E-state index in [1.807, 2.05) is 0 Å². The SMILES string of the molecule is O=C1CSC(=NN=Cc2cccc(S(=O)(=O)C(F)(F)F)c2)N1. The average Bonchev–Trinajstić information content (AvgIpc) is 2.83. The molecule has 1 amide bonds. The number of nitrogens with zero attached hydrogens (tertiary/aromatic N) is 2. The summed E-state index contributed by atoms with van der Waals surface area (Å²) in [6, 6.07) is 4.23. The van der Waals surface area contributed by atoms with E-state index in [-0.39, 0.29) is 22.4 Å². The minimum atomic E-state index is -5.41. The van der Waals surface area contributed by atoms with E-state index in [1.54, 1.807) is 0 Å². The van der Waals surface area contributed by atoms with Gasteiger partial charge in [0.1, 0.15) is 0 Å². The molecule has 22 heavy (non-hydrogen) atoms. The Hall–Kier alpha value is -1.88. The Morgan fingerprint density at radius 1 is 1.32 bits per heavy atom. The van der Waals surface area contributed by atoms with Crippen molar-refractivity contribution in [3.8, 4) is 0 Å². The molecule has 0 aliphatic carbocycles. The fourth-order valence-corrected chi connectivity index (χ4v) is 2.87. The quantitative estimate of drug-likeness (QED) is 0.661. The van der Waals surface area contributed by atoms with E-state index in [0.29, 0.717) is 0 Å². The molecule has 1 aromatic carbocycles. The maximum Gasteiger partial charge on any atom is 0.501 e. The van der Waals surface area contributed by atoms with Crippen LogP contribution in [0.1, 0.15) is 5.56 Å². The van der Waals surface area contributed by atoms with Crippen molar-refractivity contribution in [1.82, 2.24) is 5.32 Å². The first-order chi connectivity index (χ1) is 10.2. The molecule has 1 heterocycles. The molecule has 1 aliphatic rings. The second-order valence-electron chi connectivity index (χ2n) is 4.01. The first kappa shape index (κ1) is 16.5. The van der Waals surface area contributed by atoms with Gasteiger partial charge in [0.2, 0.25) is 5.91 Å². The molecule has 1 N–H and O–H groups in total. The van der Waals surface area contributed by atoms with Gasteiger partial charge in [-0.15, -0.1) is 5.10 Å². The minimum absolute atomic E-state index is 0.129. The number of carbonyl (C=O) groups excluding carboxylic acids is 1. The summed E-state index contributed by atoms with van der Waals surface area (Å²) in [4.78, 5) is 10.0. The molecule has 11 heteroatoms. The minimum Gasteiger partial charge on any atom is -0.303 e. The molecule has 1 aromatic rings. The molecule has 1 fully saturated rings. The number of rotatable bonds is 3. The number of thioether (sulfide) groups is 1. The third kappa shape index (κ3) is 3.65. The number of amidine groups is 1.